The van der Waals surface area contributed by atoms with Gasteiger partial charge in [0.15, 0.2) is 11.5 Å². The molecule has 0 fully saturated rings. The second-order valence-electron chi connectivity index (χ2n) is 7.54. The number of phenolic OH excluding ortho intramolecular Hbond substituents is 1. The molecule has 2 atom stereocenters. The molecule has 0 saturated heterocycles. The third-order valence-electron chi connectivity index (χ3n) is 5.56. The van der Waals surface area contributed by atoms with Gasteiger partial charge in [-0.25, -0.2) is 0 Å². The van der Waals surface area contributed by atoms with Crippen LogP contribution in [0, 0.1) is 0 Å². The number of ether oxygens (including phenoxy) is 3. The van der Waals surface area contributed by atoms with E-state index in [0.717, 1.165) is 33.9 Å². The predicted octanol–water partition coefficient (Wildman–Crippen LogP) is 5.03. The van der Waals surface area contributed by atoms with Crippen LogP contribution in [0.25, 0.3) is 0 Å². The molecular weight excluding hydrogens is 404 g/mol. The number of phenols is 1. The van der Waals surface area contributed by atoms with Crippen molar-refractivity contribution < 1.29 is 19.3 Å². The number of hydrogen-bond donors (Lipinski definition) is 2. The first-order valence-corrected chi connectivity index (χ1v) is 10.7. The van der Waals surface area contributed by atoms with Crippen molar-refractivity contribution in [3.05, 3.63) is 83.4 Å². The minimum atomic E-state index is -0.305. The van der Waals surface area contributed by atoms with Gasteiger partial charge in [0.1, 0.15) is 17.7 Å². The number of nitrogens with one attached hydrogen (secondary N) is 1. The molecule has 166 valence electrons. The molecule has 2 N–H and O–H groups in total. The molecule has 0 aliphatic carbocycles. The molecule has 0 radical (unpaired) electrons. The summed E-state index contributed by atoms with van der Waals surface area (Å²) in [7, 11) is 3.31. The van der Waals surface area contributed by atoms with Crippen molar-refractivity contribution in [3.8, 4) is 23.0 Å². The topological polar surface area (TPSA) is 72.3 Å². The molecule has 6 nitrogen and oxygen atoms in total. The van der Waals surface area contributed by atoms with E-state index in [4.69, 9.17) is 19.2 Å². The van der Waals surface area contributed by atoms with Gasteiger partial charge in [-0.15, -0.1) is 0 Å². The minimum Gasteiger partial charge on any atom is -0.504 e. The lowest BCUT2D eigenvalue weighted by atomic mass is 9.93. The molecule has 3 aromatic rings. The maximum Gasteiger partial charge on any atom is 0.162 e. The fourth-order valence-electron chi connectivity index (χ4n) is 3.96. The van der Waals surface area contributed by atoms with E-state index in [1.54, 1.807) is 20.3 Å². The zero-order valence-corrected chi connectivity index (χ0v) is 18.5. The average Bonchev–Trinajstić information content (AvgIpc) is 2.85. The van der Waals surface area contributed by atoms with Crippen LogP contribution in [0.3, 0.4) is 0 Å². The standard InChI is InChI=1S/C26H28N2O4/c1-4-32-24-13-7-12-21(25(24)29)23-16-22(17-8-5-10-19(14-17)30-2)27-26(28-23)18-9-6-11-20(15-18)31-3/h5-15,23,26,28-29H,4,16H2,1-3H3/t23-,26+/m1/s1. The van der Waals surface area contributed by atoms with Gasteiger partial charge < -0.3 is 19.3 Å². The Morgan fingerprint density at radius 2 is 1.69 bits per heavy atom. The van der Waals surface area contributed by atoms with Gasteiger partial charge in [-0.3, -0.25) is 10.3 Å². The number of para-hydroxylation sites is 1. The lowest BCUT2D eigenvalue weighted by Gasteiger charge is -2.31. The fraction of sp³-hybridized carbons (Fsp3) is 0.269. The van der Waals surface area contributed by atoms with Crippen molar-refractivity contribution in [2.45, 2.75) is 25.6 Å². The van der Waals surface area contributed by atoms with Crippen LogP contribution in [0.4, 0.5) is 0 Å². The van der Waals surface area contributed by atoms with Crippen molar-refractivity contribution in [2.75, 3.05) is 20.8 Å². The zero-order chi connectivity index (χ0) is 22.5. The lowest BCUT2D eigenvalue weighted by molar-refractivity contribution is 0.313. The SMILES string of the molecule is CCOc1cccc([C@H]2CC(c3cccc(OC)c3)=N[C@H](c3cccc(OC)c3)N2)c1O. The van der Waals surface area contributed by atoms with Crippen LogP contribution in [0.5, 0.6) is 23.0 Å². The van der Waals surface area contributed by atoms with Crippen molar-refractivity contribution in [1.82, 2.24) is 5.32 Å². The third kappa shape index (κ3) is 4.55. The number of methoxy groups -OCH3 is 2. The first-order chi connectivity index (χ1) is 15.6. The summed E-state index contributed by atoms with van der Waals surface area (Å²) in [5.74, 6) is 2.18. The van der Waals surface area contributed by atoms with Gasteiger partial charge in [-0.1, -0.05) is 36.4 Å². The van der Waals surface area contributed by atoms with E-state index >= 15 is 0 Å². The molecule has 6 heteroatoms. The summed E-state index contributed by atoms with van der Waals surface area (Å²) in [5.41, 5.74) is 3.68. The van der Waals surface area contributed by atoms with Gasteiger partial charge in [0.05, 0.1) is 20.8 Å². The number of rotatable bonds is 7. The molecule has 3 aromatic carbocycles. The van der Waals surface area contributed by atoms with E-state index in [-0.39, 0.29) is 18.0 Å². The van der Waals surface area contributed by atoms with Crippen LogP contribution in [-0.2, 0) is 0 Å². The maximum absolute atomic E-state index is 10.9. The highest BCUT2D eigenvalue weighted by atomic mass is 16.5. The predicted molar refractivity (Wildman–Crippen MR) is 125 cm³/mol. The smallest absolute Gasteiger partial charge is 0.162 e. The van der Waals surface area contributed by atoms with E-state index < -0.39 is 0 Å². The van der Waals surface area contributed by atoms with Crippen molar-refractivity contribution in [2.24, 2.45) is 4.99 Å². The number of nitrogens with zero attached hydrogens (tertiary/aromatic N) is 1. The Hall–Kier alpha value is -3.51. The van der Waals surface area contributed by atoms with E-state index in [0.29, 0.717) is 18.8 Å². The Morgan fingerprint density at radius 3 is 2.44 bits per heavy atom. The molecule has 4 rings (SSSR count). The first kappa shape index (κ1) is 21.7. The van der Waals surface area contributed by atoms with Crippen LogP contribution in [0.15, 0.2) is 71.7 Å². The van der Waals surface area contributed by atoms with E-state index in [9.17, 15) is 5.11 Å². The van der Waals surface area contributed by atoms with Crippen molar-refractivity contribution in [3.63, 3.8) is 0 Å². The Balaban J connectivity index is 1.77. The average molecular weight is 433 g/mol. The second kappa shape index (κ2) is 9.75. The maximum atomic E-state index is 10.9. The summed E-state index contributed by atoms with van der Waals surface area (Å²) in [5, 5.41) is 14.5. The molecule has 0 amide bonds. The summed E-state index contributed by atoms with van der Waals surface area (Å²) in [6.45, 7) is 2.38. The Kier molecular flexibility index (Phi) is 6.61. The van der Waals surface area contributed by atoms with Crippen molar-refractivity contribution in [1.29, 1.82) is 0 Å². The van der Waals surface area contributed by atoms with Crippen LogP contribution >= 0.6 is 0 Å². The lowest BCUT2D eigenvalue weighted by Crippen LogP contribution is -2.33. The number of aromatic hydroxyl groups is 1. The Bertz CT molecular complexity index is 1110. The first-order valence-electron chi connectivity index (χ1n) is 10.7. The molecule has 0 bridgehead atoms. The van der Waals surface area contributed by atoms with Crippen LogP contribution in [0.1, 0.15) is 42.2 Å². The van der Waals surface area contributed by atoms with Gasteiger partial charge >= 0.3 is 0 Å². The van der Waals surface area contributed by atoms with Gasteiger partial charge in [0.2, 0.25) is 0 Å². The van der Waals surface area contributed by atoms with Crippen LogP contribution in [0.2, 0.25) is 0 Å². The second-order valence-corrected chi connectivity index (χ2v) is 7.54. The zero-order valence-electron chi connectivity index (χ0n) is 18.5. The van der Waals surface area contributed by atoms with E-state index in [1.165, 1.54) is 0 Å². The summed E-state index contributed by atoms with van der Waals surface area (Å²) in [6, 6.07) is 21.2. The fourth-order valence-corrected chi connectivity index (χ4v) is 3.96. The van der Waals surface area contributed by atoms with E-state index in [1.807, 2.05) is 67.6 Å². The highest BCUT2D eigenvalue weighted by Gasteiger charge is 2.29. The third-order valence-corrected chi connectivity index (χ3v) is 5.56. The molecule has 0 spiro atoms. The Labute approximate surface area is 188 Å². The molecule has 0 unspecified atom stereocenters. The Morgan fingerprint density at radius 1 is 0.969 bits per heavy atom. The highest BCUT2D eigenvalue weighted by molar-refractivity contribution is 6.02. The molecular formula is C26H28N2O4. The minimum absolute atomic E-state index is 0.156. The van der Waals surface area contributed by atoms with E-state index in [2.05, 4.69) is 5.32 Å². The van der Waals surface area contributed by atoms with Crippen molar-refractivity contribution >= 4 is 5.71 Å². The molecule has 1 aliphatic heterocycles. The molecule has 0 aromatic heterocycles. The number of hydrogen-bond acceptors (Lipinski definition) is 6. The van der Waals surface area contributed by atoms with Gasteiger partial charge in [0, 0.05) is 23.7 Å². The summed E-state index contributed by atoms with van der Waals surface area (Å²) < 4.78 is 16.4. The number of aliphatic imine (C=N–C) groups is 1. The molecule has 32 heavy (non-hydrogen) atoms. The van der Waals surface area contributed by atoms with Gasteiger partial charge in [0.25, 0.3) is 0 Å². The summed E-state index contributed by atoms with van der Waals surface area (Å²) >= 11 is 0. The summed E-state index contributed by atoms with van der Waals surface area (Å²) in [4.78, 5) is 5.02. The highest BCUT2D eigenvalue weighted by Crippen LogP contribution is 2.39. The largest absolute Gasteiger partial charge is 0.504 e. The van der Waals surface area contributed by atoms with Gasteiger partial charge in [-0.2, -0.15) is 0 Å². The molecule has 0 saturated carbocycles. The quantitative estimate of drug-likeness (QED) is 0.548. The summed E-state index contributed by atoms with van der Waals surface area (Å²) in [6.07, 6.45) is 0.303. The monoisotopic (exact) mass is 432 g/mol. The van der Waals surface area contributed by atoms with Crippen LogP contribution < -0.4 is 19.5 Å². The molecule has 1 heterocycles. The number of benzene rings is 3. The van der Waals surface area contributed by atoms with Gasteiger partial charge in [-0.05, 0) is 48.4 Å². The van der Waals surface area contributed by atoms with Crippen LogP contribution in [-0.4, -0.2) is 31.6 Å². The normalized spacial score (nSPS) is 18.0. The molecule has 1 aliphatic rings.